The number of rotatable bonds is 6. The average Bonchev–Trinajstić information content (AvgIpc) is 2.90. The molecule has 8 nitrogen and oxygen atoms in total. The number of nitrogens with zero attached hydrogens (tertiary/aromatic N) is 2. The van der Waals surface area contributed by atoms with Gasteiger partial charge in [-0.1, -0.05) is 47.4 Å². The van der Waals surface area contributed by atoms with Gasteiger partial charge >= 0.3 is 12.2 Å². The van der Waals surface area contributed by atoms with Gasteiger partial charge in [0.15, 0.2) is 0 Å². The van der Waals surface area contributed by atoms with Gasteiger partial charge in [0.05, 0.1) is 11.4 Å². The number of anilines is 2. The fraction of sp³-hybridized carbons (Fsp3) is 0.407. The molecule has 2 aliphatic rings. The quantitative estimate of drug-likeness (QED) is 0.346. The highest BCUT2D eigenvalue weighted by molar-refractivity contribution is 5.88. The van der Waals surface area contributed by atoms with E-state index in [1.807, 2.05) is 48.5 Å². The van der Waals surface area contributed by atoms with Gasteiger partial charge in [0, 0.05) is 11.4 Å². The Bertz CT molecular complexity index is 960. The zero-order valence-electron chi connectivity index (χ0n) is 19.9. The van der Waals surface area contributed by atoms with Crippen LogP contribution in [0.1, 0.15) is 75.3 Å². The average molecular weight is 477 g/mol. The van der Waals surface area contributed by atoms with Gasteiger partial charge in [0.1, 0.15) is 0 Å². The maximum Gasteiger partial charge on any atom is 0.437 e. The van der Waals surface area contributed by atoms with Crippen LogP contribution in [-0.2, 0) is 16.1 Å². The molecule has 2 N–H and O–H groups in total. The lowest BCUT2D eigenvalue weighted by molar-refractivity contribution is 0.165. The lowest BCUT2D eigenvalue weighted by atomic mass is 9.99. The van der Waals surface area contributed by atoms with Crippen molar-refractivity contribution < 1.29 is 19.3 Å². The summed E-state index contributed by atoms with van der Waals surface area (Å²) in [4.78, 5) is 33.9. The number of benzene rings is 2. The lowest BCUT2D eigenvalue weighted by Crippen LogP contribution is -2.13. The van der Waals surface area contributed by atoms with E-state index in [4.69, 9.17) is 9.68 Å². The SMILES string of the molecule is O=C(Nc1ccc(Cc2ccc(NC(=O)ON=C3CCCCC3)cc2)cc1)ON=C1CCCCC1. The Morgan fingerprint density at radius 3 is 1.34 bits per heavy atom. The summed E-state index contributed by atoms with van der Waals surface area (Å²) in [6.07, 6.45) is 10.0. The number of amides is 2. The second-order valence-corrected chi connectivity index (χ2v) is 9.01. The number of oxime groups is 2. The number of nitrogens with one attached hydrogen (secondary N) is 2. The zero-order valence-corrected chi connectivity index (χ0v) is 19.9. The van der Waals surface area contributed by atoms with E-state index < -0.39 is 12.2 Å². The Labute approximate surface area is 205 Å². The first-order chi connectivity index (χ1) is 17.1. The Kier molecular flexibility index (Phi) is 8.86. The molecule has 0 aliphatic heterocycles. The molecule has 2 aromatic rings. The summed E-state index contributed by atoms with van der Waals surface area (Å²) in [7, 11) is 0. The van der Waals surface area contributed by atoms with Crippen LogP contribution in [0.25, 0.3) is 0 Å². The topological polar surface area (TPSA) is 101 Å². The molecule has 0 unspecified atom stereocenters. The smallest absolute Gasteiger partial charge is 0.298 e. The van der Waals surface area contributed by atoms with Crippen LogP contribution in [0.4, 0.5) is 21.0 Å². The summed E-state index contributed by atoms with van der Waals surface area (Å²) >= 11 is 0. The Morgan fingerprint density at radius 1 is 0.600 bits per heavy atom. The third-order valence-electron chi connectivity index (χ3n) is 6.19. The van der Waals surface area contributed by atoms with Crippen molar-refractivity contribution in [1.29, 1.82) is 0 Å². The summed E-state index contributed by atoms with van der Waals surface area (Å²) in [6.45, 7) is 0. The van der Waals surface area contributed by atoms with E-state index in [9.17, 15) is 9.59 Å². The molecule has 8 heteroatoms. The largest absolute Gasteiger partial charge is 0.437 e. The summed E-state index contributed by atoms with van der Waals surface area (Å²) in [6, 6.07) is 15.2. The predicted octanol–water partition coefficient (Wildman–Crippen LogP) is 7.01. The van der Waals surface area contributed by atoms with Crippen molar-refractivity contribution in [2.45, 2.75) is 70.6 Å². The number of carbonyl (C=O) groups excluding carboxylic acids is 2. The predicted molar refractivity (Wildman–Crippen MR) is 137 cm³/mol. The van der Waals surface area contributed by atoms with Gasteiger partial charge in [0.2, 0.25) is 0 Å². The van der Waals surface area contributed by atoms with Crippen LogP contribution in [0.2, 0.25) is 0 Å². The standard InChI is InChI=1S/C27H32N4O4/c32-26(34-30-24-7-3-1-4-8-24)28-22-15-11-20(12-16-22)19-21-13-17-23(18-14-21)29-27(33)35-31-25-9-5-2-6-10-25/h11-18H,1-10,19H2,(H,28,32)(H,29,33). The molecule has 0 bridgehead atoms. The van der Waals surface area contributed by atoms with Gasteiger partial charge in [-0.2, -0.15) is 0 Å². The van der Waals surface area contributed by atoms with Gasteiger partial charge in [-0.25, -0.2) is 9.59 Å². The minimum atomic E-state index is -0.581. The highest BCUT2D eigenvalue weighted by Crippen LogP contribution is 2.18. The number of carbonyl (C=O) groups is 2. The molecule has 2 amide bonds. The Hall–Kier alpha value is -3.68. The fourth-order valence-electron chi connectivity index (χ4n) is 4.24. The molecule has 0 aromatic heterocycles. The minimum Gasteiger partial charge on any atom is -0.298 e. The third-order valence-corrected chi connectivity index (χ3v) is 6.19. The molecular weight excluding hydrogens is 444 g/mol. The first-order valence-corrected chi connectivity index (χ1v) is 12.4. The molecule has 184 valence electrons. The molecule has 0 saturated heterocycles. The van der Waals surface area contributed by atoms with Crippen LogP contribution in [0, 0.1) is 0 Å². The number of hydrogen-bond acceptors (Lipinski definition) is 6. The van der Waals surface area contributed by atoms with Crippen LogP contribution in [0.15, 0.2) is 58.8 Å². The van der Waals surface area contributed by atoms with Gasteiger partial charge in [-0.3, -0.25) is 20.3 Å². The van der Waals surface area contributed by atoms with Crippen LogP contribution in [-0.4, -0.2) is 23.6 Å². The fourth-order valence-corrected chi connectivity index (χ4v) is 4.24. The third kappa shape index (κ3) is 8.24. The van der Waals surface area contributed by atoms with Crippen LogP contribution >= 0.6 is 0 Å². The van der Waals surface area contributed by atoms with Crippen LogP contribution in [0.3, 0.4) is 0 Å². The van der Waals surface area contributed by atoms with E-state index in [1.165, 1.54) is 12.8 Å². The van der Waals surface area contributed by atoms with Crippen molar-refractivity contribution >= 4 is 35.0 Å². The molecular formula is C27H32N4O4. The van der Waals surface area contributed by atoms with E-state index in [1.54, 1.807) is 0 Å². The van der Waals surface area contributed by atoms with Crippen molar-refractivity contribution in [3.05, 3.63) is 59.7 Å². The molecule has 0 heterocycles. The van der Waals surface area contributed by atoms with Crippen molar-refractivity contribution in [3.8, 4) is 0 Å². The maximum absolute atomic E-state index is 12.0. The van der Waals surface area contributed by atoms with E-state index in [2.05, 4.69) is 20.9 Å². The van der Waals surface area contributed by atoms with Crippen LogP contribution < -0.4 is 10.6 Å². The van der Waals surface area contributed by atoms with E-state index >= 15 is 0 Å². The highest BCUT2D eigenvalue weighted by atomic mass is 16.7. The number of hydrogen-bond donors (Lipinski definition) is 2. The van der Waals surface area contributed by atoms with Crippen molar-refractivity contribution in [3.63, 3.8) is 0 Å². The molecule has 2 aliphatic carbocycles. The molecule has 2 saturated carbocycles. The molecule has 0 atom stereocenters. The van der Waals surface area contributed by atoms with E-state index in [0.29, 0.717) is 11.4 Å². The van der Waals surface area contributed by atoms with Crippen molar-refractivity contribution in [2.75, 3.05) is 10.6 Å². The van der Waals surface area contributed by atoms with Crippen LogP contribution in [0.5, 0.6) is 0 Å². The monoisotopic (exact) mass is 476 g/mol. The second kappa shape index (κ2) is 12.7. The normalized spacial score (nSPS) is 15.7. The summed E-state index contributed by atoms with van der Waals surface area (Å²) in [5.74, 6) is 0. The van der Waals surface area contributed by atoms with Crippen molar-refractivity contribution in [2.24, 2.45) is 10.3 Å². The van der Waals surface area contributed by atoms with Gasteiger partial charge in [-0.15, -0.1) is 0 Å². The molecule has 0 spiro atoms. The Balaban J connectivity index is 1.21. The molecule has 4 rings (SSSR count). The molecule has 35 heavy (non-hydrogen) atoms. The highest BCUT2D eigenvalue weighted by Gasteiger charge is 2.11. The molecule has 0 radical (unpaired) electrons. The van der Waals surface area contributed by atoms with Crippen molar-refractivity contribution in [1.82, 2.24) is 0 Å². The Morgan fingerprint density at radius 2 is 0.971 bits per heavy atom. The summed E-state index contributed by atoms with van der Waals surface area (Å²) in [5.41, 5.74) is 5.39. The zero-order chi connectivity index (χ0) is 24.3. The first kappa shape index (κ1) is 24.4. The summed E-state index contributed by atoms with van der Waals surface area (Å²) in [5, 5.41) is 13.3. The van der Waals surface area contributed by atoms with E-state index in [-0.39, 0.29) is 0 Å². The lowest BCUT2D eigenvalue weighted by Gasteiger charge is -2.11. The summed E-state index contributed by atoms with van der Waals surface area (Å²) < 4.78 is 0. The first-order valence-electron chi connectivity index (χ1n) is 12.4. The minimum absolute atomic E-state index is 0.581. The van der Waals surface area contributed by atoms with Gasteiger partial charge in [-0.05, 0) is 93.2 Å². The van der Waals surface area contributed by atoms with E-state index in [0.717, 1.165) is 80.3 Å². The van der Waals surface area contributed by atoms with Gasteiger partial charge in [0.25, 0.3) is 0 Å². The molecule has 2 fully saturated rings. The maximum atomic E-state index is 12.0. The van der Waals surface area contributed by atoms with Gasteiger partial charge < -0.3 is 0 Å². The second-order valence-electron chi connectivity index (χ2n) is 9.01. The molecule has 2 aromatic carbocycles.